The highest BCUT2D eigenvalue weighted by Crippen LogP contribution is 2.03. The van der Waals surface area contributed by atoms with Crippen LogP contribution in [0.15, 0.2) is 16.4 Å². The van der Waals surface area contributed by atoms with E-state index in [2.05, 4.69) is 15.2 Å². The lowest BCUT2D eigenvalue weighted by Gasteiger charge is -2.27. The Balaban J connectivity index is 2.40. The van der Waals surface area contributed by atoms with Crippen LogP contribution in [-0.4, -0.2) is 51.1 Å². The molecule has 5 heteroatoms. The van der Waals surface area contributed by atoms with E-state index >= 15 is 0 Å². The summed E-state index contributed by atoms with van der Waals surface area (Å²) in [5.74, 6) is 0.687. The van der Waals surface area contributed by atoms with Crippen LogP contribution in [0.2, 0.25) is 0 Å². The number of aliphatic imine (C=N–C) groups is 1. The summed E-state index contributed by atoms with van der Waals surface area (Å²) < 4.78 is 5.28. The van der Waals surface area contributed by atoms with E-state index in [9.17, 15) is 0 Å². The van der Waals surface area contributed by atoms with Gasteiger partial charge >= 0.3 is 0 Å². The summed E-state index contributed by atoms with van der Waals surface area (Å²) in [7, 11) is 1.71. The molecule has 0 saturated carbocycles. The molecule has 0 atom stereocenters. The first-order valence-electron chi connectivity index (χ1n) is 5.16. The topological polar surface area (TPSA) is 62.9 Å². The molecule has 1 aliphatic heterocycles. The average molecular weight is 212 g/mol. The second-order valence-electron chi connectivity index (χ2n) is 3.61. The van der Waals surface area contributed by atoms with Crippen LogP contribution in [-0.2, 0) is 4.74 Å². The Morgan fingerprint density at radius 2 is 2.20 bits per heavy atom. The summed E-state index contributed by atoms with van der Waals surface area (Å²) in [6.07, 6.45) is 1.60. The quantitative estimate of drug-likeness (QED) is 0.498. The first kappa shape index (κ1) is 12.0. The standard InChI is InChI=1S/C10H20N4O/c1-9(10(11)13-8-12-2)7-14-3-5-15-6-4-14/h8H,3-7,11H2,1-2H3,(H,12,13)/b10-9-. The van der Waals surface area contributed by atoms with Crippen LogP contribution in [0.25, 0.3) is 0 Å². The molecule has 15 heavy (non-hydrogen) atoms. The van der Waals surface area contributed by atoms with E-state index in [1.165, 1.54) is 0 Å². The molecule has 0 amide bonds. The number of hydrogen-bond donors (Lipinski definition) is 2. The summed E-state index contributed by atoms with van der Waals surface area (Å²) in [5, 5.41) is 2.93. The van der Waals surface area contributed by atoms with Crippen molar-refractivity contribution >= 4 is 6.34 Å². The molecule has 1 fully saturated rings. The van der Waals surface area contributed by atoms with Crippen LogP contribution in [0.5, 0.6) is 0 Å². The Kier molecular flexibility index (Phi) is 5.14. The van der Waals surface area contributed by atoms with Gasteiger partial charge in [-0.05, 0) is 12.5 Å². The lowest BCUT2D eigenvalue weighted by molar-refractivity contribution is 0.0421. The zero-order chi connectivity index (χ0) is 11.1. The molecule has 1 heterocycles. The number of nitrogens with one attached hydrogen (secondary N) is 1. The molecule has 0 aromatic rings. The molecule has 86 valence electrons. The number of morpholine rings is 1. The van der Waals surface area contributed by atoms with Gasteiger partial charge in [-0.15, -0.1) is 0 Å². The third-order valence-electron chi connectivity index (χ3n) is 2.37. The van der Waals surface area contributed by atoms with Gasteiger partial charge in [-0.25, -0.2) is 0 Å². The van der Waals surface area contributed by atoms with E-state index in [1.807, 2.05) is 6.92 Å². The molecule has 0 bridgehead atoms. The maximum atomic E-state index is 5.84. The van der Waals surface area contributed by atoms with Crippen LogP contribution in [0.4, 0.5) is 0 Å². The fourth-order valence-electron chi connectivity index (χ4n) is 1.44. The predicted octanol–water partition coefficient (Wildman–Crippen LogP) is -0.243. The van der Waals surface area contributed by atoms with Crippen molar-refractivity contribution in [2.45, 2.75) is 6.92 Å². The summed E-state index contributed by atoms with van der Waals surface area (Å²) in [5.41, 5.74) is 6.98. The Hall–Kier alpha value is -1.07. The molecule has 5 nitrogen and oxygen atoms in total. The minimum absolute atomic E-state index is 0.687. The van der Waals surface area contributed by atoms with Gasteiger partial charge < -0.3 is 15.8 Å². The van der Waals surface area contributed by atoms with Gasteiger partial charge in [-0.1, -0.05) is 0 Å². The van der Waals surface area contributed by atoms with E-state index in [-0.39, 0.29) is 0 Å². The maximum Gasteiger partial charge on any atom is 0.101 e. The lowest BCUT2D eigenvalue weighted by atomic mass is 10.2. The van der Waals surface area contributed by atoms with Gasteiger partial charge in [-0.3, -0.25) is 9.89 Å². The molecule has 0 radical (unpaired) electrons. The zero-order valence-corrected chi connectivity index (χ0v) is 9.49. The van der Waals surface area contributed by atoms with E-state index in [4.69, 9.17) is 10.5 Å². The van der Waals surface area contributed by atoms with Crippen molar-refractivity contribution in [2.75, 3.05) is 39.9 Å². The van der Waals surface area contributed by atoms with Gasteiger partial charge in [0.05, 0.1) is 19.6 Å². The SMILES string of the molecule is CN=CN/C(N)=C(/C)CN1CCOCC1. The van der Waals surface area contributed by atoms with Crippen molar-refractivity contribution in [3.05, 3.63) is 11.4 Å². The molecule has 1 aliphatic rings. The van der Waals surface area contributed by atoms with Crippen molar-refractivity contribution in [1.29, 1.82) is 0 Å². The zero-order valence-electron chi connectivity index (χ0n) is 9.49. The Morgan fingerprint density at radius 3 is 2.80 bits per heavy atom. The molecule has 0 aromatic carbocycles. The number of hydrogen-bond acceptors (Lipinski definition) is 4. The molecular formula is C10H20N4O. The molecule has 0 unspecified atom stereocenters. The Bertz CT molecular complexity index is 244. The monoisotopic (exact) mass is 212 g/mol. The first-order valence-corrected chi connectivity index (χ1v) is 5.16. The molecule has 1 rings (SSSR count). The highest BCUT2D eigenvalue weighted by atomic mass is 16.5. The predicted molar refractivity (Wildman–Crippen MR) is 61.7 cm³/mol. The molecule has 0 aromatic heterocycles. The number of nitrogens with two attached hydrogens (primary N) is 1. The van der Waals surface area contributed by atoms with Crippen molar-refractivity contribution in [2.24, 2.45) is 10.7 Å². The normalized spacial score (nSPS) is 20.4. The lowest BCUT2D eigenvalue weighted by Crippen LogP contribution is -2.38. The van der Waals surface area contributed by atoms with Crippen LogP contribution in [0, 0.1) is 0 Å². The van der Waals surface area contributed by atoms with Crippen LogP contribution in [0.3, 0.4) is 0 Å². The van der Waals surface area contributed by atoms with E-state index < -0.39 is 0 Å². The summed E-state index contributed by atoms with van der Waals surface area (Å²) >= 11 is 0. The molecule has 0 aliphatic carbocycles. The summed E-state index contributed by atoms with van der Waals surface area (Å²) in [6, 6.07) is 0. The van der Waals surface area contributed by atoms with Crippen molar-refractivity contribution in [3.8, 4) is 0 Å². The third-order valence-corrected chi connectivity index (χ3v) is 2.37. The maximum absolute atomic E-state index is 5.84. The smallest absolute Gasteiger partial charge is 0.101 e. The van der Waals surface area contributed by atoms with Crippen molar-refractivity contribution in [3.63, 3.8) is 0 Å². The molecular weight excluding hydrogens is 192 g/mol. The highest BCUT2D eigenvalue weighted by molar-refractivity contribution is 5.57. The summed E-state index contributed by atoms with van der Waals surface area (Å²) in [4.78, 5) is 6.15. The number of ether oxygens (including phenoxy) is 1. The fraction of sp³-hybridized carbons (Fsp3) is 0.700. The van der Waals surface area contributed by atoms with Crippen molar-refractivity contribution < 1.29 is 4.74 Å². The van der Waals surface area contributed by atoms with Crippen LogP contribution < -0.4 is 11.1 Å². The molecule has 0 spiro atoms. The Labute approximate surface area is 91.0 Å². The van der Waals surface area contributed by atoms with E-state index in [0.29, 0.717) is 5.82 Å². The first-order chi connectivity index (χ1) is 7.24. The number of rotatable bonds is 4. The van der Waals surface area contributed by atoms with Crippen molar-refractivity contribution in [1.82, 2.24) is 10.2 Å². The average Bonchev–Trinajstić information content (AvgIpc) is 2.27. The van der Waals surface area contributed by atoms with E-state index in [0.717, 1.165) is 38.4 Å². The van der Waals surface area contributed by atoms with Gasteiger partial charge in [-0.2, -0.15) is 0 Å². The minimum atomic E-state index is 0.687. The number of nitrogens with zero attached hydrogens (tertiary/aromatic N) is 2. The highest BCUT2D eigenvalue weighted by Gasteiger charge is 2.11. The minimum Gasteiger partial charge on any atom is -0.385 e. The second-order valence-corrected chi connectivity index (χ2v) is 3.61. The van der Waals surface area contributed by atoms with Gasteiger partial charge in [0.2, 0.25) is 0 Å². The summed E-state index contributed by atoms with van der Waals surface area (Å²) in [6.45, 7) is 6.51. The van der Waals surface area contributed by atoms with Gasteiger partial charge in [0.25, 0.3) is 0 Å². The largest absolute Gasteiger partial charge is 0.385 e. The molecule has 1 saturated heterocycles. The van der Waals surface area contributed by atoms with E-state index in [1.54, 1.807) is 13.4 Å². The van der Waals surface area contributed by atoms with Gasteiger partial charge in [0, 0.05) is 26.7 Å². The van der Waals surface area contributed by atoms with Gasteiger partial charge in [0.15, 0.2) is 0 Å². The molecule has 3 N–H and O–H groups in total. The van der Waals surface area contributed by atoms with Crippen LogP contribution >= 0.6 is 0 Å². The van der Waals surface area contributed by atoms with Gasteiger partial charge in [0.1, 0.15) is 5.82 Å². The Morgan fingerprint density at radius 1 is 1.53 bits per heavy atom. The fourth-order valence-corrected chi connectivity index (χ4v) is 1.44. The van der Waals surface area contributed by atoms with Crippen LogP contribution in [0.1, 0.15) is 6.92 Å². The second kappa shape index (κ2) is 6.42. The third kappa shape index (κ3) is 4.31.